The zero-order valence-corrected chi connectivity index (χ0v) is 19.4. The van der Waals surface area contributed by atoms with Crippen molar-refractivity contribution >= 4 is 17.2 Å². The molecule has 2 aromatic heterocycles. The molecule has 0 saturated carbocycles. The van der Waals surface area contributed by atoms with Gasteiger partial charge in [0.15, 0.2) is 0 Å². The van der Waals surface area contributed by atoms with Crippen LogP contribution in [0.5, 0.6) is 5.75 Å². The summed E-state index contributed by atoms with van der Waals surface area (Å²) in [6.45, 7) is 3.35. The Bertz CT molecular complexity index is 1240. The number of nitrogens with zero attached hydrogens (tertiary/aromatic N) is 4. The molecular weight excluding hydrogens is 412 g/mol. The van der Waals surface area contributed by atoms with E-state index in [0.717, 1.165) is 47.6 Å². The van der Waals surface area contributed by atoms with Crippen LogP contribution in [0.4, 0.5) is 5.69 Å². The number of amidine groups is 1. The van der Waals surface area contributed by atoms with Crippen molar-refractivity contribution in [3.8, 4) is 11.4 Å². The van der Waals surface area contributed by atoms with Crippen LogP contribution in [0.15, 0.2) is 60.0 Å². The molecule has 0 fully saturated rings. The lowest BCUT2D eigenvalue weighted by atomic mass is 10.00. The van der Waals surface area contributed by atoms with Crippen molar-refractivity contribution < 1.29 is 4.74 Å². The van der Waals surface area contributed by atoms with Gasteiger partial charge in [-0.3, -0.25) is 9.98 Å². The van der Waals surface area contributed by atoms with Crippen LogP contribution >= 0.6 is 0 Å². The average Bonchev–Trinajstić information content (AvgIpc) is 3.27. The minimum absolute atomic E-state index is 0.317. The van der Waals surface area contributed by atoms with Crippen molar-refractivity contribution in [3.63, 3.8) is 0 Å². The standard InChI is InChI=1S/C26H30N6O/c1-4-18-12-25(31(2)3)21-6-5-20(13-23(21)30-18)33-16-17-11-19(15-28-14-17)32-10-8-22-24(32)7-9-29-26(22)27/h5-6,8,10-15,18,30H,4,7,9,16H2,1-3H3,(H2,27,29). The van der Waals surface area contributed by atoms with Gasteiger partial charge in [0.1, 0.15) is 18.2 Å². The first-order valence-electron chi connectivity index (χ1n) is 11.4. The molecule has 1 atom stereocenters. The largest absolute Gasteiger partial charge is 0.489 e. The molecule has 1 aromatic carbocycles. The summed E-state index contributed by atoms with van der Waals surface area (Å²) in [6.07, 6.45) is 9.95. The molecule has 2 aliphatic rings. The Kier molecular flexibility index (Phi) is 5.54. The third kappa shape index (κ3) is 4.06. The van der Waals surface area contributed by atoms with E-state index >= 15 is 0 Å². The van der Waals surface area contributed by atoms with Crippen LogP contribution in [0.2, 0.25) is 0 Å². The number of hydrogen-bond acceptors (Lipinski definition) is 6. The Morgan fingerprint density at radius 2 is 2.06 bits per heavy atom. The highest BCUT2D eigenvalue weighted by Crippen LogP contribution is 2.34. The Balaban J connectivity index is 1.34. The second kappa shape index (κ2) is 8.65. The summed E-state index contributed by atoms with van der Waals surface area (Å²) < 4.78 is 8.31. The highest BCUT2D eigenvalue weighted by molar-refractivity contribution is 5.99. The van der Waals surface area contributed by atoms with Gasteiger partial charge in [0.2, 0.25) is 0 Å². The summed E-state index contributed by atoms with van der Waals surface area (Å²) in [5, 5.41) is 3.61. The first-order valence-corrected chi connectivity index (χ1v) is 11.4. The van der Waals surface area contributed by atoms with E-state index in [-0.39, 0.29) is 0 Å². The van der Waals surface area contributed by atoms with Crippen LogP contribution in [0, 0.1) is 0 Å². The fourth-order valence-corrected chi connectivity index (χ4v) is 4.50. The van der Waals surface area contributed by atoms with Crippen LogP contribution in [-0.4, -0.2) is 47.0 Å². The molecule has 0 saturated heterocycles. The molecule has 3 N–H and O–H groups in total. The molecule has 5 rings (SSSR count). The molecule has 1 unspecified atom stereocenters. The van der Waals surface area contributed by atoms with Gasteiger partial charge >= 0.3 is 0 Å². The zero-order chi connectivity index (χ0) is 22.9. The SMILES string of the molecule is CCC1C=C(N(C)C)c2ccc(OCc3cncc(-n4ccc5c4CCN=C5N)c3)cc2N1. The van der Waals surface area contributed by atoms with Crippen molar-refractivity contribution in [1.29, 1.82) is 0 Å². The monoisotopic (exact) mass is 442 g/mol. The number of pyridine rings is 1. The molecule has 0 aliphatic carbocycles. The van der Waals surface area contributed by atoms with Gasteiger partial charge in [0.05, 0.1) is 11.9 Å². The van der Waals surface area contributed by atoms with Gasteiger partial charge in [0.25, 0.3) is 0 Å². The zero-order valence-electron chi connectivity index (χ0n) is 19.4. The van der Waals surface area contributed by atoms with Crippen LogP contribution in [0.25, 0.3) is 11.4 Å². The Labute approximate surface area is 194 Å². The van der Waals surface area contributed by atoms with Gasteiger partial charge in [0, 0.05) is 85.3 Å². The minimum Gasteiger partial charge on any atom is -0.489 e. The van der Waals surface area contributed by atoms with Gasteiger partial charge in [-0.05, 0) is 36.8 Å². The first kappa shape index (κ1) is 21.1. The summed E-state index contributed by atoms with van der Waals surface area (Å²) in [6, 6.07) is 10.7. The average molecular weight is 443 g/mol. The lowest BCUT2D eigenvalue weighted by Gasteiger charge is -2.29. The lowest BCUT2D eigenvalue weighted by Crippen LogP contribution is -2.25. The molecule has 0 bridgehead atoms. The molecule has 4 heterocycles. The summed E-state index contributed by atoms with van der Waals surface area (Å²) in [5.41, 5.74) is 13.8. The second-order valence-electron chi connectivity index (χ2n) is 8.72. The summed E-state index contributed by atoms with van der Waals surface area (Å²) in [4.78, 5) is 11.0. The first-order chi connectivity index (χ1) is 16.0. The number of benzene rings is 1. The molecule has 0 amide bonds. The van der Waals surface area contributed by atoms with E-state index in [1.54, 1.807) is 0 Å². The molecule has 170 valence electrons. The van der Waals surface area contributed by atoms with Gasteiger partial charge in [-0.25, -0.2) is 0 Å². The van der Waals surface area contributed by atoms with Crippen molar-refractivity contribution in [2.45, 2.75) is 32.4 Å². The number of rotatable bonds is 6. The van der Waals surface area contributed by atoms with Crippen LogP contribution in [0.3, 0.4) is 0 Å². The second-order valence-corrected chi connectivity index (χ2v) is 8.72. The Morgan fingerprint density at radius 3 is 2.88 bits per heavy atom. The summed E-state index contributed by atoms with van der Waals surface area (Å²) >= 11 is 0. The lowest BCUT2D eigenvalue weighted by molar-refractivity contribution is 0.306. The molecule has 2 aliphatic heterocycles. The minimum atomic E-state index is 0.317. The predicted molar refractivity (Wildman–Crippen MR) is 133 cm³/mol. The molecule has 7 nitrogen and oxygen atoms in total. The number of aromatic nitrogens is 2. The molecule has 7 heteroatoms. The fraction of sp³-hybridized carbons (Fsp3) is 0.308. The Morgan fingerprint density at radius 1 is 1.18 bits per heavy atom. The van der Waals surface area contributed by atoms with E-state index in [1.807, 2.05) is 30.7 Å². The van der Waals surface area contributed by atoms with Crippen LogP contribution < -0.4 is 15.8 Å². The van der Waals surface area contributed by atoms with Gasteiger partial charge in [-0.1, -0.05) is 6.92 Å². The van der Waals surface area contributed by atoms with Gasteiger partial charge < -0.3 is 25.3 Å². The Hall–Kier alpha value is -3.74. The molecule has 0 radical (unpaired) electrons. The maximum atomic E-state index is 6.16. The van der Waals surface area contributed by atoms with Gasteiger partial charge in [-0.2, -0.15) is 0 Å². The molecule has 3 aromatic rings. The normalized spacial score (nSPS) is 16.8. The number of fused-ring (bicyclic) bond motifs is 2. The number of anilines is 1. The number of ether oxygens (including phenoxy) is 1. The van der Waals surface area contributed by atoms with Crippen LogP contribution in [-0.2, 0) is 13.0 Å². The number of nitrogens with one attached hydrogen (secondary N) is 1. The topological polar surface area (TPSA) is 80.7 Å². The number of nitrogens with two attached hydrogens (primary N) is 1. The van der Waals surface area contributed by atoms with Gasteiger partial charge in [-0.15, -0.1) is 0 Å². The summed E-state index contributed by atoms with van der Waals surface area (Å²) in [5.74, 6) is 1.45. The van der Waals surface area contributed by atoms with E-state index in [4.69, 9.17) is 10.5 Å². The van der Waals surface area contributed by atoms with Crippen molar-refractivity contribution in [2.24, 2.45) is 10.7 Å². The molecule has 0 spiro atoms. The highest BCUT2D eigenvalue weighted by atomic mass is 16.5. The number of aliphatic imine (C=N–C) groups is 1. The van der Waals surface area contributed by atoms with E-state index in [0.29, 0.717) is 18.5 Å². The predicted octanol–water partition coefficient (Wildman–Crippen LogP) is 3.82. The smallest absolute Gasteiger partial charge is 0.127 e. The van der Waals surface area contributed by atoms with Crippen molar-refractivity contribution in [3.05, 3.63) is 77.4 Å². The highest BCUT2D eigenvalue weighted by Gasteiger charge is 2.20. The number of hydrogen-bond donors (Lipinski definition) is 2. The van der Waals surface area contributed by atoms with E-state index in [2.05, 4.69) is 70.1 Å². The van der Waals surface area contributed by atoms with Crippen molar-refractivity contribution in [2.75, 3.05) is 26.0 Å². The fourth-order valence-electron chi connectivity index (χ4n) is 4.50. The van der Waals surface area contributed by atoms with Crippen molar-refractivity contribution in [1.82, 2.24) is 14.5 Å². The molecule has 33 heavy (non-hydrogen) atoms. The maximum absolute atomic E-state index is 6.16. The third-order valence-electron chi connectivity index (χ3n) is 6.25. The van der Waals surface area contributed by atoms with Crippen LogP contribution in [0.1, 0.15) is 35.7 Å². The third-order valence-corrected chi connectivity index (χ3v) is 6.25. The molecular formula is C26H30N6O. The summed E-state index contributed by atoms with van der Waals surface area (Å²) in [7, 11) is 4.17. The quantitative estimate of drug-likeness (QED) is 0.607. The van der Waals surface area contributed by atoms with E-state index < -0.39 is 0 Å². The van der Waals surface area contributed by atoms with E-state index in [1.165, 1.54) is 17.0 Å². The maximum Gasteiger partial charge on any atom is 0.127 e. The van der Waals surface area contributed by atoms with E-state index in [9.17, 15) is 0 Å².